The van der Waals surface area contributed by atoms with Crippen LogP contribution >= 0.6 is 24.8 Å². The average molecular weight is 432 g/mol. The Bertz CT molecular complexity index is 655. The summed E-state index contributed by atoms with van der Waals surface area (Å²) in [6.45, 7) is 7.18. The van der Waals surface area contributed by atoms with Crippen LogP contribution < -0.4 is 10.6 Å². The molecule has 2 saturated heterocycles. The van der Waals surface area contributed by atoms with Crippen molar-refractivity contribution in [3.63, 3.8) is 0 Å². The lowest BCUT2D eigenvalue weighted by molar-refractivity contribution is 0.0130. The molecule has 1 aromatic heterocycles. The summed E-state index contributed by atoms with van der Waals surface area (Å²) in [6, 6.07) is 0.688. The van der Waals surface area contributed by atoms with Crippen molar-refractivity contribution < 1.29 is 9.47 Å². The number of aromatic nitrogens is 2. The molecule has 1 aliphatic carbocycles. The highest BCUT2D eigenvalue weighted by molar-refractivity contribution is 5.85. The topological polar surface area (TPSA) is 71.5 Å². The Hall–Kier alpha value is -0.700. The van der Waals surface area contributed by atoms with E-state index in [2.05, 4.69) is 15.5 Å². The number of fused-ring (bicyclic) bond motifs is 1. The normalized spacial score (nSPS) is 27.9. The minimum absolute atomic E-state index is 0. The van der Waals surface area contributed by atoms with Gasteiger partial charge in [-0.3, -0.25) is 4.90 Å². The van der Waals surface area contributed by atoms with Gasteiger partial charge in [0, 0.05) is 37.5 Å². The molecule has 3 aliphatic heterocycles. The van der Waals surface area contributed by atoms with E-state index in [1.807, 2.05) is 0 Å². The van der Waals surface area contributed by atoms with Crippen LogP contribution in [0.15, 0.2) is 0 Å². The third-order valence-corrected chi connectivity index (χ3v) is 6.03. The average Bonchev–Trinajstić information content (AvgIpc) is 3.46. The molecular weight excluding hydrogens is 401 g/mol. The minimum atomic E-state index is 0. The number of hydrogen-bond donors (Lipinski definition) is 2. The molecule has 0 unspecified atom stereocenters. The summed E-state index contributed by atoms with van der Waals surface area (Å²) >= 11 is 0. The maximum Gasteiger partial charge on any atom is 0.134 e. The fourth-order valence-corrected chi connectivity index (χ4v) is 4.33. The van der Waals surface area contributed by atoms with Crippen LogP contribution in [0.1, 0.15) is 35.8 Å². The largest absolute Gasteiger partial charge is 0.379 e. The van der Waals surface area contributed by atoms with Gasteiger partial charge < -0.3 is 20.1 Å². The Labute approximate surface area is 179 Å². The maximum atomic E-state index is 5.85. The predicted octanol–water partition coefficient (Wildman–Crippen LogP) is 1.40. The summed E-state index contributed by atoms with van der Waals surface area (Å²) in [6.07, 6.45) is 4.47. The second kappa shape index (κ2) is 9.87. The Morgan fingerprint density at radius 1 is 0.964 bits per heavy atom. The smallest absolute Gasteiger partial charge is 0.134 e. The number of anilines is 1. The van der Waals surface area contributed by atoms with Crippen LogP contribution in [0.4, 0.5) is 5.82 Å². The Morgan fingerprint density at radius 3 is 2.54 bits per heavy atom. The number of halogens is 2. The minimum Gasteiger partial charge on any atom is -0.379 e. The number of nitrogens with zero attached hydrogens (tertiary/aromatic N) is 3. The standard InChI is InChI=1S/C19H29N5O2.2ClH/c1-2-13(1)18-21-15-4-6-20-5-3-14(15)19(23-18)22-16-11-26-12-17(16)24-7-9-25-10-8-24;;/h13,16-17,20H,1-12H2,(H,21,22,23);2*1H/t16-,17-;;/m0../s1. The lowest BCUT2D eigenvalue weighted by Crippen LogP contribution is -2.51. The molecular formula is C19H31Cl2N5O2. The van der Waals surface area contributed by atoms with Crippen molar-refractivity contribution in [2.45, 2.75) is 43.7 Å². The second-order valence-electron chi connectivity index (χ2n) is 7.88. The van der Waals surface area contributed by atoms with Crippen LogP contribution in [0.25, 0.3) is 0 Å². The van der Waals surface area contributed by atoms with E-state index in [0.717, 1.165) is 77.1 Å². The summed E-state index contributed by atoms with van der Waals surface area (Å²) in [5.74, 6) is 2.69. The van der Waals surface area contributed by atoms with E-state index in [-0.39, 0.29) is 30.9 Å². The van der Waals surface area contributed by atoms with Gasteiger partial charge in [-0.1, -0.05) is 0 Å². The van der Waals surface area contributed by atoms with Crippen molar-refractivity contribution in [1.82, 2.24) is 20.2 Å². The van der Waals surface area contributed by atoms with Crippen molar-refractivity contribution in [3.8, 4) is 0 Å². The van der Waals surface area contributed by atoms with Crippen molar-refractivity contribution in [3.05, 3.63) is 17.1 Å². The third-order valence-electron chi connectivity index (χ3n) is 6.03. The first-order valence-electron chi connectivity index (χ1n) is 10.1. The van der Waals surface area contributed by atoms with Crippen LogP contribution in [0, 0.1) is 0 Å². The van der Waals surface area contributed by atoms with Crippen molar-refractivity contribution in [2.24, 2.45) is 0 Å². The highest BCUT2D eigenvalue weighted by Gasteiger charge is 2.35. The van der Waals surface area contributed by atoms with Gasteiger partial charge in [-0.05, 0) is 25.8 Å². The Balaban J connectivity index is 0.00000112. The molecule has 7 nitrogen and oxygen atoms in total. The zero-order valence-electron chi connectivity index (χ0n) is 16.2. The van der Waals surface area contributed by atoms with E-state index in [1.165, 1.54) is 24.1 Å². The van der Waals surface area contributed by atoms with Gasteiger partial charge in [-0.2, -0.15) is 0 Å². The van der Waals surface area contributed by atoms with Gasteiger partial charge in [0.25, 0.3) is 0 Å². The monoisotopic (exact) mass is 431 g/mol. The lowest BCUT2D eigenvalue weighted by atomic mass is 10.1. The molecule has 28 heavy (non-hydrogen) atoms. The number of morpholine rings is 1. The van der Waals surface area contributed by atoms with Crippen molar-refractivity contribution in [2.75, 3.05) is 57.9 Å². The number of rotatable bonds is 4. The first-order valence-corrected chi connectivity index (χ1v) is 10.1. The van der Waals surface area contributed by atoms with Crippen LogP contribution in [-0.4, -0.2) is 79.6 Å². The second-order valence-corrected chi connectivity index (χ2v) is 7.88. The maximum absolute atomic E-state index is 5.85. The van der Waals surface area contributed by atoms with Gasteiger partial charge in [0.05, 0.1) is 44.2 Å². The first-order chi connectivity index (χ1) is 12.9. The van der Waals surface area contributed by atoms with Gasteiger partial charge >= 0.3 is 0 Å². The molecule has 9 heteroatoms. The van der Waals surface area contributed by atoms with E-state index in [9.17, 15) is 0 Å². The molecule has 5 rings (SSSR count). The van der Waals surface area contributed by atoms with Gasteiger partial charge in [0.2, 0.25) is 0 Å². The molecule has 2 N–H and O–H groups in total. The molecule has 4 heterocycles. The zero-order valence-corrected chi connectivity index (χ0v) is 17.8. The van der Waals surface area contributed by atoms with Gasteiger partial charge in [0.1, 0.15) is 11.6 Å². The van der Waals surface area contributed by atoms with Crippen molar-refractivity contribution in [1.29, 1.82) is 0 Å². The van der Waals surface area contributed by atoms with E-state index >= 15 is 0 Å². The summed E-state index contributed by atoms with van der Waals surface area (Å²) in [4.78, 5) is 12.4. The molecule has 2 atom stereocenters. The van der Waals surface area contributed by atoms with Crippen LogP contribution in [0.3, 0.4) is 0 Å². The van der Waals surface area contributed by atoms with Crippen LogP contribution in [0.5, 0.6) is 0 Å². The highest BCUT2D eigenvalue weighted by atomic mass is 35.5. The quantitative estimate of drug-likeness (QED) is 0.745. The van der Waals surface area contributed by atoms with Gasteiger partial charge in [-0.25, -0.2) is 9.97 Å². The first kappa shape index (κ1) is 22.0. The van der Waals surface area contributed by atoms with E-state index in [4.69, 9.17) is 19.4 Å². The summed E-state index contributed by atoms with van der Waals surface area (Å²) < 4.78 is 11.4. The number of hydrogen-bond acceptors (Lipinski definition) is 7. The van der Waals surface area contributed by atoms with E-state index in [0.29, 0.717) is 12.0 Å². The molecule has 0 aromatic carbocycles. The van der Waals surface area contributed by atoms with E-state index < -0.39 is 0 Å². The molecule has 1 saturated carbocycles. The fourth-order valence-electron chi connectivity index (χ4n) is 4.33. The lowest BCUT2D eigenvalue weighted by Gasteiger charge is -2.35. The van der Waals surface area contributed by atoms with Crippen LogP contribution in [0.2, 0.25) is 0 Å². The van der Waals surface area contributed by atoms with Gasteiger partial charge in [-0.15, -0.1) is 24.8 Å². The summed E-state index contributed by atoms with van der Waals surface area (Å²) in [7, 11) is 0. The summed E-state index contributed by atoms with van der Waals surface area (Å²) in [5, 5.41) is 7.28. The predicted molar refractivity (Wildman–Crippen MR) is 113 cm³/mol. The Kier molecular flexibility index (Phi) is 7.75. The molecule has 1 aromatic rings. The molecule has 0 bridgehead atoms. The number of ether oxygens (including phenoxy) is 2. The molecule has 0 radical (unpaired) electrons. The SMILES string of the molecule is C1Cc2nc(C3CC3)nc(N[C@H]3COC[C@@H]3N3CCOCC3)c2CCN1.Cl.Cl. The number of nitrogens with one attached hydrogen (secondary N) is 2. The zero-order chi connectivity index (χ0) is 17.3. The summed E-state index contributed by atoms with van der Waals surface area (Å²) in [5.41, 5.74) is 2.56. The van der Waals surface area contributed by atoms with Crippen LogP contribution in [-0.2, 0) is 22.3 Å². The molecule has 3 fully saturated rings. The molecule has 0 amide bonds. The molecule has 158 valence electrons. The third kappa shape index (κ3) is 4.71. The fraction of sp³-hybridized carbons (Fsp3) is 0.789. The molecule has 0 spiro atoms. The highest BCUT2D eigenvalue weighted by Crippen LogP contribution is 2.39. The molecule has 4 aliphatic rings. The van der Waals surface area contributed by atoms with E-state index in [1.54, 1.807) is 0 Å². The Morgan fingerprint density at radius 2 is 1.75 bits per heavy atom. The van der Waals surface area contributed by atoms with Gasteiger partial charge in [0.15, 0.2) is 0 Å². The van der Waals surface area contributed by atoms with Crippen molar-refractivity contribution >= 4 is 30.6 Å².